The lowest BCUT2D eigenvalue weighted by Crippen LogP contribution is -2.36. The fourth-order valence-corrected chi connectivity index (χ4v) is 3.98. The first-order chi connectivity index (χ1) is 13.3. The highest BCUT2D eigenvalue weighted by molar-refractivity contribution is 5.73. The molecule has 1 N–H and O–H groups in total. The van der Waals surface area contributed by atoms with Crippen molar-refractivity contribution in [2.45, 2.75) is 32.0 Å². The van der Waals surface area contributed by atoms with Crippen LogP contribution in [0.5, 0.6) is 0 Å². The summed E-state index contributed by atoms with van der Waals surface area (Å²) in [5.74, 6) is -0.259. The van der Waals surface area contributed by atoms with Gasteiger partial charge < -0.3 is 19.0 Å². The lowest BCUT2D eigenvalue weighted by molar-refractivity contribution is -0.192. The zero-order chi connectivity index (χ0) is 20.2. The summed E-state index contributed by atoms with van der Waals surface area (Å²) in [6, 6.07) is 4.03. The minimum Gasteiger partial charge on any atom is -0.475 e. The van der Waals surface area contributed by atoms with Crippen molar-refractivity contribution in [1.82, 2.24) is 4.90 Å². The predicted molar refractivity (Wildman–Crippen MR) is 92.6 cm³/mol. The number of carbonyl (C=O) groups is 1. The normalized spacial score (nSPS) is 27.8. The molecule has 4 rings (SSSR count). The van der Waals surface area contributed by atoms with E-state index in [-0.39, 0.29) is 5.41 Å². The molecule has 28 heavy (non-hydrogen) atoms. The van der Waals surface area contributed by atoms with E-state index >= 15 is 0 Å². The van der Waals surface area contributed by atoms with Gasteiger partial charge in [-0.1, -0.05) is 6.42 Å². The smallest absolute Gasteiger partial charge is 0.475 e. The number of likely N-dealkylation sites (tertiary alicyclic amines) is 1. The molecule has 1 aromatic heterocycles. The van der Waals surface area contributed by atoms with E-state index in [9.17, 15) is 13.2 Å². The van der Waals surface area contributed by atoms with Gasteiger partial charge in [-0.3, -0.25) is 4.90 Å². The minimum absolute atomic E-state index is 0.219. The molecular weight excluding hydrogens is 379 g/mol. The Morgan fingerprint density at radius 1 is 1.39 bits per heavy atom. The van der Waals surface area contributed by atoms with Gasteiger partial charge in [-0.2, -0.15) is 13.2 Å². The number of carboxylic acid groups (broad SMARTS) is 1. The summed E-state index contributed by atoms with van der Waals surface area (Å²) >= 11 is 0. The zero-order valence-electron chi connectivity index (χ0n) is 15.6. The molecule has 3 heterocycles. The van der Waals surface area contributed by atoms with Crippen LogP contribution >= 0.6 is 0 Å². The fourth-order valence-electron chi connectivity index (χ4n) is 3.98. The van der Waals surface area contributed by atoms with Crippen LogP contribution < -0.4 is 0 Å². The van der Waals surface area contributed by atoms with Gasteiger partial charge in [-0.05, 0) is 30.9 Å². The highest BCUT2D eigenvalue weighted by Crippen LogP contribution is 2.42. The van der Waals surface area contributed by atoms with Gasteiger partial charge in [-0.15, -0.1) is 0 Å². The molecule has 1 aliphatic carbocycles. The average molecular weight is 405 g/mol. The Balaban J connectivity index is 0.000000279. The van der Waals surface area contributed by atoms with Crippen molar-refractivity contribution < 1.29 is 37.0 Å². The molecule has 6 nitrogen and oxygen atoms in total. The standard InChI is InChI=1S/C17H25NO3.C2HF3O2/c1-3-14(4-1)9-19-12-17-11-18(7-15(17)10-20-13-17)8-16-5-2-6-21-16;3-2(4,5)1(6)7/h2,5-6,14-15H,1,3-4,7-13H2;(H,6,7)/t15-,17-;/m1./s1. The molecule has 0 radical (unpaired) electrons. The van der Waals surface area contributed by atoms with E-state index < -0.39 is 12.1 Å². The highest BCUT2D eigenvalue weighted by Gasteiger charge is 2.50. The van der Waals surface area contributed by atoms with E-state index in [0.717, 1.165) is 57.7 Å². The lowest BCUT2D eigenvalue weighted by atomic mass is 9.81. The maximum atomic E-state index is 10.6. The van der Waals surface area contributed by atoms with Crippen LogP contribution in [0.15, 0.2) is 22.8 Å². The third-order valence-electron chi connectivity index (χ3n) is 5.76. The second kappa shape index (κ2) is 8.84. The van der Waals surface area contributed by atoms with E-state index in [1.165, 1.54) is 19.3 Å². The Labute approximate surface area is 161 Å². The number of rotatable bonds is 6. The van der Waals surface area contributed by atoms with Crippen LogP contribution in [-0.4, -0.2) is 61.7 Å². The minimum atomic E-state index is -5.08. The predicted octanol–water partition coefficient (Wildman–Crippen LogP) is 3.18. The third kappa shape index (κ3) is 5.27. The second-order valence-corrected chi connectivity index (χ2v) is 7.94. The number of hydrogen-bond donors (Lipinski definition) is 1. The number of alkyl halides is 3. The number of carboxylic acids is 1. The lowest BCUT2D eigenvalue weighted by Gasteiger charge is -2.30. The zero-order valence-corrected chi connectivity index (χ0v) is 15.6. The number of aliphatic carboxylic acids is 1. The Morgan fingerprint density at radius 2 is 2.14 bits per heavy atom. The SMILES string of the molecule is O=C(O)C(F)(F)F.c1coc(CN2C[C@@H]3COC[C@]3(COCC3CCC3)C2)c1. The van der Waals surface area contributed by atoms with Gasteiger partial charge in [0.2, 0.25) is 0 Å². The first-order valence-electron chi connectivity index (χ1n) is 9.49. The van der Waals surface area contributed by atoms with E-state index in [0.29, 0.717) is 5.92 Å². The maximum Gasteiger partial charge on any atom is 0.490 e. The molecule has 3 fully saturated rings. The summed E-state index contributed by atoms with van der Waals surface area (Å²) in [5, 5.41) is 7.12. The van der Waals surface area contributed by atoms with Crippen LogP contribution in [0.3, 0.4) is 0 Å². The molecule has 1 aromatic rings. The van der Waals surface area contributed by atoms with Crippen LogP contribution in [0, 0.1) is 17.3 Å². The van der Waals surface area contributed by atoms with Gasteiger partial charge in [0.25, 0.3) is 0 Å². The first kappa shape index (κ1) is 21.1. The van der Waals surface area contributed by atoms with Crippen molar-refractivity contribution >= 4 is 5.97 Å². The van der Waals surface area contributed by atoms with Crippen LogP contribution in [0.2, 0.25) is 0 Å². The largest absolute Gasteiger partial charge is 0.490 e. The van der Waals surface area contributed by atoms with Crippen LogP contribution in [0.1, 0.15) is 25.0 Å². The summed E-state index contributed by atoms with van der Waals surface area (Å²) in [7, 11) is 0. The molecular formula is C19H26F3NO5. The molecule has 2 aliphatic heterocycles. The first-order valence-corrected chi connectivity index (χ1v) is 9.49. The summed E-state index contributed by atoms with van der Waals surface area (Å²) < 4.78 is 49.1. The highest BCUT2D eigenvalue weighted by atomic mass is 19.4. The fraction of sp³-hybridized carbons (Fsp3) is 0.737. The van der Waals surface area contributed by atoms with E-state index in [1.54, 1.807) is 6.26 Å². The summed E-state index contributed by atoms with van der Waals surface area (Å²) in [6.07, 6.45) is 0.782. The number of hydrogen-bond acceptors (Lipinski definition) is 5. The number of furan rings is 1. The van der Waals surface area contributed by atoms with Gasteiger partial charge in [0.1, 0.15) is 5.76 Å². The molecule has 3 aliphatic rings. The molecule has 2 saturated heterocycles. The molecule has 0 unspecified atom stereocenters. The van der Waals surface area contributed by atoms with Gasteiger partial charge in [0.05, 0.1) is 32.6 Å². The second-order valence-electron chi connectivity index (χ2n) is 7.94. The van der Waals surface area contributed by atoms with Gasteiger partial charge in [0, 0.05) is 31.0 Å². The molecule has 2 atom stereocenters. The number of ether oxygens (including phenoxy) is 2. The molecule has 0 spiro atoms. The monoisotopic (exact) mass is 405 g/mol. The quantitative estimate of drug-likeness (QED) is 0.784. The van der Waals surface area contributed by atoms with Crippen LogP contribution in [0.25, 0.3) is 0 Å². The number of nitrogens with zero attached hydrogens (tertiary/aromatic N) is 1. The summed E-state index contributed by atoms with van der Waals surface area (Å²) in [6.45, 7) is 6.65. The number of halogens is 3. The van der Waals surface area contributed by atoms with Crippen molar-refractivity contribution in [3.63, 3.8) is 0 Å². The topological polar surface area (TPSA) is 72.1 Å². The maximum absolute atomic E-state index is 10.6. The summed E-state index contributed by atoms with van der Waals surface area (Å²) in [4.78, 5) is 11.4. The summed E-state index contributed by atoms with van der Waals surface area (Å²) in [5.41, 5.74) is 0.219. The molecule has 9 heteroatoms. The van der Waals surface area contributed by atoms with Gasteiger partial charge in [0.15, 0.2) is 0 Å². The average Bonchev–Trinajstić information content (AvgIpc) is 3.26. The Kier molecular flexibility index (Phi) is 6.67. The van der Waals surface area contributed by atoms with Gasteiger partial charge in [-0.25, -0.2) is 4.79 Å². The van der Waals surface area contributed by atoms with E-state index in [2.05, 4.69) is 11.0 Å². The number of fused-ring (bicyclic) bond motifs is 1. The molecule has 158 valence electrons. The van der Waals surface area contributed by atoms with Crippen molar-refractivity contribution in [3.05, 3.63) is 24.2 Å². The van der Waals surface area contributed by atoms with Crippen molar-refractivity contribution in [1.29, 1.82) is 0 Å². The van der Waals surface area contributed by atoms with E-state index in [4.69, 9.17) is 23.8 Å². The van der Waals surface area contributed by atoms with E-state index in [1.807, 2.05) is 6.07 Å². The molecule has 1 saturated carbocycles. The Hall–Kier alpha value is -1.58. The van der Waals surface area contributed by atoms with Crippen molar-refractivity contribution in [2.24, 2.45) is 17.3 Å². The third-order valence-corrected chi connectivity index (χ3v) is 5.76. The molecule has 0 aromatic carbocycles. The Bertz CT molecular complexity index is 632. The molecule has 0 bridgehead atoms. The van der Waals surface area contributed by atoms with Crippen molar-refractivity contribution in [3.8, 4) is 0 Å². The van der Waals surface area contributed by atoms with Crippen LogP contribution in [0.4, 0.5) is 13.2 Å². The van der Waals surface area contributed by atoms with Crippen LogP contribution in [-0.2, 0) is 20.8 Å². The molecule has 0 amide bonds. The Morgan fingerprint density at radius 3 is 2.71 bits per heavy atom. The van der Waals surface area contributed by atoms with Gasteiger partial charge >= 0.3 is 12.1 Å². The van der Waals surface area contributed by atoms with Crippen molar-refractivity contribution in [2.75, 3.05) is 39.5 Å².